The molecule has 0 saturated carbocycles. The van der Waals surface area contributed by atoms with E-state index in [1.165, 1.54) is 0 Å². The third-order valence-electron chi connectivity index (χ3n) is 3.45. The average Bonchev–Trinajstić information content (AvgIpc) is 2.39. The predicted molar refractivity (Wildman–Crippen MR) is 75.9 cm³/mol. The van der Waals surface area contributed by atoms with Crippen LogP contribution in [0.15, 0.2) is 0 Å². The van der Waals surface area contributed by atoms with Gasteiger partial charge in [-0.2, -0.15) is 26.3 Å². The summed E-state index contributed by atoms with van der Waals surface area (Å²) < 4.78 is 86.7. The molecule has 0 rings (SSSR count). The van der Waals surface area contributed by atoms with Crippen LogP contribution in [0.25, 0.3) is 0 Å². The van der Waals surface area contributed by atoms with E-state index in [0.717, 1.165) is 6.92 Å². The number of hydrogen-bond acceptors (Lipinski definition) is 3. The number of alkyl halides is 5. The second kappa shape index (κ2) is 7.91. The molecule has 24 heavy (non-hydrogen) atoms. The summed E-state index contributed by atoms with van der Waals surface area (Å²) in [7, 11) is -2.58. The predicted octanol–water partition coefficient (Wildman–Crippen LogP) is 1.73. The van der Waals surface area contributed by atoms with E-state index >= 15 is 0 Å². The number of carboxylic acid groups (broad SMARTS) is 1. The Bertz CT molecular complexity index is 534. The largest absolute Gasteiger partial charge is 0.481 e. The fourth-order valence-electron chi connectivity index (χ4n) is 1.94. The molecule has 0 heterocycles. The molecule has 12 heteroatoms. The molecule has 0 aromatic rings. The van der Waals surface area contributed by atoms with Crippen molar-refractivity contribution in [3.63, 3.8) is 0 Å². The van der Waals surface area contributed by atoms with E-state index in [9.17, 15) is 35.2 Å². The lowest BCUT2D eigenvalue weighted by Crippen LogP contribution is -2.52. The quantitative estimate of drug-likeness (QED) is 0.459. The summed E-state index contributed by atoms with van der Waals surface area (Å²) >= 11 is 0. The summed E-state index contributed by atoms with van der Waals surface area (Å²) in [6.07, 6.45) is -6.33. The van der Waals surface area contributed by atoms with Gasteiger partial charge >= 0.3 is 17.4 Å². The molecule has 0 aliphatic heterocycles. The Morgan fingerprint density at radius 1 is 1.12 bits per heavy atom. The number of rotatable bonds is 10. The number of halogens is 5. The lowest BCUT2D eigenvalue weighted by atomic mass is 10.3. The van der Waals surface area contributed by atoms with Crippen LogP contribution in [-0.2, 0) is 14.8 Å². The molecule has 0 aromatic carbocycles. The first kappa shape index (κ1) is 23.0. The third kappa shape index (κ3) is 5.81. The Kier molecular flexibility index (Phi) is 7.58. The minimum atomic E-state index is -6.20. The van der Waals surface area contributed by atoms with E-state index in [1.807, 2.05) is 0 Å². The fourth-order valence-corrected chi connectivity index (χ4v) is 3.27. The number of quaternary nitrogens is 1. The van der Waals surface area contributed by atoms with E-state index in [4.69, 9.17) is 5.11 Å². The van der Waals surface area contributed by atoms with Gasteiger partial charge in [0.05, 0.1) is 33.6 Å². The van der Waals surface area contributed by atoms with Crippen LogP contribution in [0.4, 0.5) is 22.0 Å². The van der Waals surface area contributed by atoms with Crippen molar-refractivity contribution in [1.29, 1.82) is 0 Å². The van der Waals surface area contributed by atoms with Crippen molar-refractivity contribution in [1.82, 2.24) is 4.31 Å². The molecule has 0 fully saturated rings. The third-order valence-corrected chi connectivity index (χ3v) is 5.45. The van der Waals surface area contributed by atoms with Crippen molar-refractivity contribution >= 4 is 16.0 Å². The molecule has 0 amide bonds. The van der Waals surface area contributed by atoms with Gasteiger partial charge in [-0.15, -0.1) is 0 Å². The Labute approximate surface area is 137 Å². The molecule has 0 atom stereocenters. The highest BCUT2D eigenvalue weighted by Crippen LogP contribution is 2.41. The zero-order valence-electron chi connectivity index (χ0n) is 13.6. The molecule has 6 nitrogen and oxygen atoms in total. The smallest absolute Gasteiger partial charge is 0.470 e. The molecular weight excluding hydrogens is 363 g/mol. The molecule has 0 aliphatic carbocycles. The Balaban J connectivity index is 4.93. The van der Waals surface area contributed by atoms with Gasteiger partial charge < -0.3 is 9.59 Å². The van der Waals surface area contributed by atoms with Crippen molar-refractivity contribution in [2.45, 2.75) is 31.2 Å². The molecule has 1 N–H and O–H groups in total. The highest BCUT2D eigenvalue weighted by atomic mass is 32.2. The van der Waals surface area contributed by atoms with Crippen LogP contribution in [0.5, 0.6) is 0 Å². The van der Waals surface area contributed by atoms with Gasteiger partial charge in [-0.1, -0.05) is 6.92 Å². The maximum Gasteiger partial charge on any atom is 0.470 e. The van der Waals surface area contributed by atoms with Gasteiger partial charge in [0.2, 0.25) is 0 Å². The van der Waals surface area contributed by atoms with Crippen LogP contribution in [0, 0.1) is 0 Å². The van der Waals surface area contributed by atoms with E-state index in [2.05, 4.69) is 0 Å². The number of aliphatic carboxylic acids is 1. The summed E-state index contributed by atoms with van der Waals surface area (Å²) in [5, 5.41) is 2.76. The number of hydrogen-bond donors (Lipinski definition) is 1. The highest BCUT2D eigenvalue weighted by molar-refractivity contribution is 7.90. The Morgan fingerprint density at radius 3 is 2.00 bits per heavy atom. The zero-order chi connectivity index (χ0) is 19.4. The molecule has 0 radical (unpaired) electrons. The van der Waals surface area contributed by atoms with E-state index < -0.39 is 40.5 Å². The maximum absolute atomic E-state index is 13.2. The molecule has 0 spiro atoms. The lowest BCUT2D eigenvalue weighted by molar-refractivity contribution is -0.889. The van der Waals surface area contributed by atoms with Crippen LogP contribution < -0.4 is 0 Å². The average molecular weight is 385 g/mol. The van der Waals surface area contributed by atoms with E-state index in [-0.39, 0.29) is 34.7 Å². The first-order valence-electron chi connectivity index (χ1n) is 7.06. The first-order valence-corrected chi connectivity index (χ1v) is 8.50. The standard InChI is InChI=1S/C12H21F5N2O4S/c1-4-18(24(22,23)12(16,17)11(13,14)15)7-5-8-19(2,3)9-6-10(20)21/h4-9H2,1-3H3/p+1. The zero-order valence-corrected chi connectivity index (χ0v) is 14.4. The van der Waals surface area contributed by atoms with Crippen LogP contribution >= 0.6 is 0 Å². The second-order valence-corrected chi connectivity index (χ2v) is 7.87. The van der Waals surface area contributed by atoms with Crippen molar-refractivity contribution in [2.24, 2.45) is 0 Å². The summed E-state index contributed by atoms with van der Waals surface area (Å²) in [5.74, 6) is -1.02. The summed E-state index contributed by atoms with van der Waals surface area (Å²) in [5.41, 5.74) is 0. The molecule has 0 aromatic heterocycles. The van der Waals surface area contributed by atoms with Crippen LogP contribution in [-0.4, -0.2) is 80.0 Å². The van der Waals surface area contributed by atoms with Gasteiger partial charge in [0.15, 0.2) is 0 Å². The van der Waals surface area contributed by atoms with Gasteiger partial charge in [-0.25, -0.2) is 8.42 Å². The number of carbonyl (C=O) groups is 1. The van der Waals surface area contributed by atoms with Crippen molar-refractivity contribution in [2.75, 3.05) is 40.3 Å². The topological polar surface area (TPSA) is 74.7 Å². The summed E-state index contributed by atoms with van der Waals surface area (Å²) in [6, 6.07) is 0. The number of carboxylic acids is 1. The van der Waals surface area contributed by atoms with Crippen molar-refractivity contribution < 1.29 is 44.8 Å². The van der Waals surface area contributed by atoms with E-state index in [1.54, 1.807) is 14.1 Å². The minimum absolute atomic E-state index is 0.00757. The molecule has 0 bridgehead atoms. The normalized spacial score (nSPS) is 14.2. The fraction of sp³-hybridized carbons (Fsp3) is 0.917. The highest BCUT2D eigenvalue weighted by Gasteiger charge is 2.68. The summed E-state index contributed by atoms with van der Waals surface area (Å²) in [6.45, 7) is 0.550. The van der Waals surface area contributed by atoms with Crippen LogP contribution in [0.2, 0.25) is 0 Å². The minimum Gasteiger partial charge on any atom is -0.481 e. The SMILES string of the molecule is CCN(CCC[N+](C)(C)CCC(=O)O)S(=O)(=O)C(F)(F)C(F)(F)F. The number of sulfonamides is 1. The van der Waals surface area contributed by atoms with Crippen LogP contribution in [0.3, 0.4) is 0 Å². The van der Waals surface area contributed by atoms with Crippen LogP contribution in [0.1, 0.15) is 19.8 Å². The van der Waals surface area contributed by atoms with E-state index in [0.29, 0.717) is 0 Å². The second-order valence-electron chi connectivity index (χ2n) is 5.89. The Hall–Kier alpha value is -1.01. The van der Waals surface area contributed by atoms with Crippen molar-refractivity contribution in [3.8, 4) is 0 Å². The first-order chi connectivity index (χ1) is 10.6. The Morgan fingerprint density at radius 2 is 1.62 bits per heavy atom. The lowest BCUT2D eigenvalue weighted by Gasteiger charge is -2.31. The van der Waals surface area contributed by atoms with Crippen molar-refractivity contribution in [3.05, 3.63) is 0 Å². The molecule has 0 saturated heterocycles. The molecule has 0 unspecified atom stereocenters. The van der Waals surface area contributed by atoms with Gasteiger partial charge in [-0.3, -0.25) is 4.79 Å². The monoisotopic (exact) mass is 385 g/mol. The summed E-state index contributed by atoms with van der Waals surface area (Å²) in [4.78, 5) is 10.5. The molecule has 144 valence electrons. The molecular formula is C12H22F5N2O4S+. The maximum atomic E-state index is 13.2. The van der Waals surface area contributed by atoms with Gasteiger partial charge in [0, 0.05) is 19.5 Å². The number of nitrogens with zero attached hydrogens (tertiary/aromatic N) is 2. The van der Waals surface area contributed by atoms with Gasteiger partial charge in [0.1, 0.15) is 0 Å². The molecule has 0 aliphatic rings. The van der Waals surface area contributed by atoms with Gasteiger partial charge in [-0.05, 0) is 0 Å². The van der Waals surface area contributed by atoms with Gasteiger partial charge in [0.25, 0.3) is 10.0 Å².